The van der Waals surface area contributed by atoms with Crippen molar-refractivity contribution in [1.82, 2.24) is 5.32 Å². The second-order valence-corrected chi connectivity index (χ2v) is 6.84. The lowest BCUT2D eigenvalue weighted by Crippen LogP contribution is -2.44. The van der Waals surface area contributed by atoms with Gasteiger partial charge in [-0.25, -0.2) is 0 Å². The van der Waals surface area contributed by atoms with Crippen molar-refractivity contribution in [1.29, 1.82) is 0 Å². The minimum atomic E-state index is 0.162. The molecule has 1 saturated carbocycles. The molecule has 0 aromatic rings. The number of hydrogen-bond donors (Lipinski definition) is 2. The Kier molecular flexibility index (Phi) is 5.83. The smallest absolute Gasteiger partial charge is 0.233 e. The van der Waals surface area contributed by atoms with Crippen LogP contribution >= 0.6 is 11.8 Å². The van der Waals surface area contributed by atoms with Gasteiger partial charge in [0.15, 0.2) is 0 Å². The van der Waals surface area contributed by atoms with Gasteiger partial charge in [0.25, 0.3) is 0 Å². The van der Waals surface area contributed by atoms with Crippen LogP contribution in [0, 0.1) is 5.92 Å². The number of amides is 1. The fourth-order valence-corrected chi connectivity index (χ4v) is 4.33. The molecule has 0 radical (unpaired) electrons. The Balaban J connectivity index is 1.85. The first kappa shape index (κ1) is 14.2. The Hall–Kier alpha value is -0.220. The second kappa shape index (κ2) is 7.39. The summed E-state index contributed by atoms with van der Waals surface area (Å²) < 4.78 is 0. The van der Waals surface area contributed by atoms with Gasteiger partial charge < -0.3 is 10.4 Å². The molecule has 2 rings (SSSR count). The zero-order valence-electron chi connectivity index (χ0n) is 11.1. The lowest BCUT2D eigenvalue weighted by Gasteiger charge is -2.31. The highest BCUT2D eigenvalue weighted by atomic mass is 32.2. The number of nitrogens with one attached hydrogen (secondary N) is 1. The van der Waals surface area contributed by atoms with Gasteiger partial charge >= 0.3 is 0 Å². The molecule has 1 heterocycles. The normalized spacial score (nSPS) is 27.1. The predicted molar refractivity (Wildman–Crippen MR) is 75.7 cm³/mol. The van der Waals surface area contributed by atoms with Crippen LogP contribution in [0.2, 0.25) is 0 Å². The third kappa shape index (κ3) is 3.89. The Bertz CT molecular complexity index is 261. The van der Waals surface area contributed by atoms with E-state index in [-0.39, 0.29) is 23.8 Å². The molecule has 2 aliphatic rings. The Labute approximate surface area is 114 Å². The molecule has 1 aliphatic carbocycles. The van der Waals surface area contributed by atoms with E-state index in [1.54, 1.807) is 11.8 Å². The number of aliphatic hydroxyl groups excluding tert-OH is 1. The van der Waals surface area contributed by atoms with Gasteiger partial charge in [-0.15, -0.1) is 11.8 Å². The molecule has 0 bridgehead atoms. The highest BCUT2D eigenvalue weighted by molar-refractivity contribution is 8.00. The molecule has 2 N–H and O–H groups in total. The zero-order chi connectivity index (χ0) is 12.8. The molecule has 2 fully saturated rings. The lowest BCUT2D eigenvalue weighted by atomic mass is 9.82. The zero-order valence-corrected chi connectivity index (χ0v) is 11.9. The van der Waals surface area contributed by atoms with E-state index in [4.69, 9.17) is 0 Å². The predicted octanol–water partition coefficient (Wildman–Crippen LogP) is 2.33. The molecule has 104 valence electrons. The van der Waals surface area contributed by atoms with Crippen LogP contribution in [0.1, 0.15) is 51.4 Å². The van der Waals surface area contributed by atoms with Gasteiger partial charge in [-0.1, -0.05) is 19.3 Å². The topological polar surface area (TPSA) is 49.3 Å². The number of thioether (sulfide) groups is 1. The van der Waals surface area contributed by atoms with Crippen molar-refractivity contribution in [3.63, 3.8) is 0 Å². The van der Waals surface area contributed by atoms with Gasteiger partial charge in [0.2, 0.25) is 5.91 Å². The molecule has 0 aromatic heterocycles. The van der Waals surface area contributed by atoms with Crippen molar-refractivity contribution < 1.29 is 9.90 Å². The van der Waals surface area contributed by atoms with E-state index in [0.29, 0.717) is 12.3 Å². The molecular weight excluding hydrogens is 246 g/mol. The van der Waals surface area contributed by atoms with Crippen molar-refractivity contribution in [2.24, 2.45) is 5.92 Å². The summed E-state index contributed by atoms with van der Waals surface area (Å²) in [6.45, 7) is 0.180. The summed E-state index contributed by atoms with van der Waals surface area (Å²) in [5, 5.41) is 12.6. The summed E-state index contributed by atoms with van der Waals surface area (Å²) in [4.78, 5) is 12.2. The van der Waals surface area contributed by atoms with Crippen LogP contribution in [0.4, 0.5) is 0 Å². The van der Waals surface area contributed by atoms with Crippen molar-refractivity contribution in [3.05, 3.63) is 0 Å². The molecule has 0 aromatic carbocycles. The maximum Gasteiger partial charge on any atom is 0.233 e. The van der Waals surface area contributed by atoms with Crippen LogP contribution < -0.4 is 5.32 Å². The number of aliphatic hydroxyl groups is 1. The molecule has 1 aliphatic heterocycles. The first-order chi connectivity index (χ1) is 8.81. The molecular formula is C14H25NO2S. The van der Waals surface area contributed by atoms with Gasteiger partial charge in [0, 0.05) is 12.6 Å². The Morgan fingerprint density at radius 3 is 2.61 bits per heavy atom. The van der Waals surface area contributed by atoms with Gasteiger partial charge in [0.1, 0.15) is 0 Å². The molecule has 2 atom stereocenters. The monoisotopic (exact) mass is 271 g/mol. The first-order valence-electron chi connectivity index (χ1n) is 7.34. The minimum Gasteiger partial charge on any atom is -0.396 e. The van der Waals surface area contributed by atoms with Gasteiger partial charge in [-0.3, -0.25) is 4.79 Å². The summed E-state index contributed by atoms with van der Waals surface area (Å²) >= 11 is 1.78. The highest BCUT2D eigenvalue weighted by Gasteiger charge is 2.29. The van der Waals surface area contributed by atoms with Gasteiger partial charge in [0.05, 0.1) is 5.25 Å². The van der Waals surface area contributed by atoms with Gasteiger partial charge in [-0.05, 0) is 43.8 Å². The van der Waals surface area contributed by atoms with Crippen molar-refractivity contribution >= 4 is 17.7 Å². The van der Waals surface area contributed by atoms with Crippen molar-refractivity contribution in [2.45, 2.75) is 62.7 Å². The van der Waals surface area contributed by atoms with E-state index < -0.39 is 0 Å². The molecule has 3 nitrogen and oxygen atoms in total. The summed E-state index contributed by atoms with van der Waals surface area (Å²) in [5.41, 5.74) is 0. The maximum absolute atomic E-state index is 12.2. The highest BCUT2D eigenvalue weighted by Crippen LogP contribution is 2.30. The molecule has 1 amide bonds. The van der Waals surface area contributed by atoms with E-state index in [1.165, 1.54) is 32.1 Å². The molecule has 4 heteroatoms. The molecule has 2 unspecified atom stereocenters. The summed E-state index contributed by atoms with van der Waals surface area (Å²) in [6.07, 6.45) is 9.21. The third-order valence-electron chi connectivity index (χ3n) is 4.21. The van der Waals surface area contributed by atoms with Crippen LogP contribution in [-0.2, 0) is 4.79 Å². The SMILES string of the molecule is O=C(NC(CCO)C1CCCCC1)C1CCCS1. The van der Waals surface area contributed by atoms with E-state index in [1.807, 2.05) is 0 Å². The van der Waals surface area contributed by atoms with Crippen LogP contribution in [0.25, 0.3) is 0 Å². The summed E-state index contributed by atoms with van der Waals surface area (Å²) in [7, 11) is 0. The standard InChI is InChI=1S/C14H25NO2S/c16-9-8-12(11-5-2-1-3-6-11)15-14(17)13-7-4-10-18-13/h11-13,16H,1-10H2,(H,15,17). The van der Waals surface area contributed by atoms with E-state index in [9.17, 15) is 9.90 Å². The van der Waals surface area contributed by atoms with Crippen LogP contribution in [0.15, 0.2) is 0 Å². The van der Waals surface area contributed by atoms with Crippen molar-refractivity contribution in [2.75, 3.05) is 12.4 Å². The largest absolute Gasteiger partial charge is 0.396 e. The number of carbonyl (C=O) groups excluding carboxylic acids is 1. The Morgan fingerprint density at radius 2 is 2.00 bits per heavy atom. The fourth-order valence-electron chi connectivity index (χ4n) is 3.16. The minimum absolute atomic E-state index is 0.162. The first-order valence-corrected chi connectivity index (χ1v) is 8.39. The van der Waals surface area contributed by atoms with Gasteiger partial charge in [-0.2, -0.15) is 0 Å². The average molecular weight is 271 g/mol. The van der Waals surface area contributed by atoms with Crippen LogP contribution in [0.3, 0.4) is 0 Å². The second-order valence-electron chi connectivity index (χ2n) is 5.53. The van der Waals surface area contributed by atoms with E-state index in [2.05, 4.69) is 5.32 Å². The molecule has 1 saturated heterocycles. The van der Waals surface area contributed by atoms with E-state index >= 15 is 0 Å². The average Bonchev–Trinajstić information content (AvgIpc) is 2.93. The lowest BCUT2D eigenvalue weighted by molar-refractivity contribution is -0.121. The summed E-state index contributed by atoms with van der Waals surface area (Å²) in [6, 6.07) is 0.198. The maximum atomic E-state index is 12.2. The number of rotatable bonds is 5. The molecule has 18 heavy (non-hydrogen) atoms. The van der Waals surface area contributed by atoms with Crippen LogP contribution in [-0.4, -0.2) is 34.7 Å². The van der Waals surface area contributed by atoms with Crippen molar-refractivity contribution in [3.8, 4) is 0 Å². The number of hydrogen-bond acceptors (Lipinski definition) is 3. The fraction of sp³-hybridized carbons (Fsp3) is 0.929. The number of carbonyl (C=O) groups is 1. The quantitative estimate of drug-likeness (QED) is 0.807. The molecule has 0 spiro atoms. The van der Waals surface area contributed by atoms with Crippen LogP contribution in [0.5, 0.6) is 0 Å². The van der Waals surface area contributed by atoms with E-state index in [0.717, 1.165) is 18.6 Å². The third-order valence-corrected chi connectivity index (χ3v) is 5.59. The Morgan fingerprint density at radius 1 is 1.22 bits per heavy atom. The summed E-state index contributed by atoms with van der Waals surface area (Å²) in [5.74, 6) is 1.91.